The molecule has 0 unspecified atom stereocenters. The number of carbonyl (C=O) groups is 1. The molecule has 4 nitrogen and oxygen atoms in total. The zero-order chi connectivity index (χ0) is 14.6. The van der Waals surface area contributed by atoms with Gasteiger partial charge in [0.1, 0.15) is 9.84 Å². The smallest absolute Gasteiger partial charge is 0.227 e. The van der Waals surface area contributed by atoms with E-state index in [-0.39, 0.29) is 24.1 Å². The topological polar surface area (TPSA) is 54.5 Å². The molecule has 0 aliphatic rings. The first kappa shape index (κ1) is 16.2. The van der Waals surface area contributed by atoms with Crippen LogP contribution >= 0.6 is 15.9 Å². The quantitative estimate of drug-likeness (QED) is 0.817. The number of halogens is 1. The van der Waals surface area contributed by atoms with Gasteiger partial charge in [-0.25, -0.2) is 8.42 Å². The molecule has 1 rings (SSSR count). The number of hydrogen-bond acceptors (Lipinski definition) is 3. The fourth-order valence-electron chi connectivity index (χ4n) is 1.73. The Balaban J connectivity index is 2.71. The van der Waals surface area contributed by atoms with Gasteiger partial charge >= 0.3 is 0 Å². The molecule has 0 saturated carbocycles. The molecule has 0 aromatic heterocycles. The van der Waals surface area contributed by atoms with Crippen molar-refractivity contribution in [1.82, 2.24) is 4.90 Å². The molecule has 1 aromatic carbocycles. The number of carbonyl (C=O) groups excluding carboxylic acids is 1. The molecule has 0 radical (unpaired) electrons. The number of rotatable bonds is 5. The van der Waals surface area contributed by atoms with Crippen LogP contribution in [0.5, 0.6) is 0 Å². The maximum atomic E-state index is 12.1. The summed E-state index contributed by atoms with van der Waals surface area (Å²) >= 11 is 3.39. The van der Waals surface area contributed by atoms with Crippen LogP contribution in [0.15, 0.2) is 28.7 Å². The first-order valence-electron chi connectivity index (χ1n) is 5.87. The summed E-state index contributed by atoms with van der Waals surface area (Å²) in [6.45, 7) is 1.74. The largest absolute Gasteiger partial charge is 0.342 e. The molecule has 1 atom stereocenters. The number of amides is 1. The van der Waals surface area contributed by atoms with Gasteiger partial charge in [0.05, 0.1) is 12.2 Å². The van der Waals surface area contributed by atoms with Crippen LogP contribution in [-0.2, 0) is 21.1 Å². The van der Waals surface area contributed by atoms with Gasteiger partial charge in [-0.2, -0.15) is 0 Å². The molecule has 0 N–H and O–H groups in total. The van der Waals surface area contributed by atoms with Gasteiger partial charge in [0.2, 0.25) is 5.91 Å². The highest BCUT2D eigenvalue weighted by atomic mass is 79.9. The monoisotopic (exact) mass is 347 g/mol. The fraction of sp³-hybridized carbons (Fsp3) is 0.462. The second-order valence-corrected chi connectivity index (χ2v) is 7.75. The predicted octanol–water partition coefficient (Wildman–Crippen LogP) is 1.88. The lowest BCUT2D eigenvalue weighted by Crippen LogP contribution is -2.40. The summed E-state index contributed by atoms with van der Waals surface area (Å²) in [6.07, 6.45) is 1.43. The maximum Gasteiger partial charge on any atom is 0.227 e. The Morgan fingerprint density at radius 2 is 1.95 bits per heavy atom. The summed E-state index contributed by atoms with van der Waals surface area (Å²) in [5, 5.41) is 0. The van der Waals surface area contributed by atoms with Crippen molar-refractivity contribution in [3.8, 4) is 0 Å². The van der Waals surface area contributed by atoms with Crippen LogP contribution in [-0.4, -0.2) is 44.3 Å². The molecule has 0 bridgehead atoms. The van der Waals surface area contributed by atoms with Gasteiger partial charge < -0.3 is 4.90 Å². The zero-order valence-electron chi connectivity index (χ0n) is 11.3. The Hall–Kier alpha value is -0.880. The lowest BCUT2D eigenvalue weighted by molar-refractivity contribution is -0.130. The van der Waals surface area contributed by atoms with Crippen molar-refractivity contribution in [2.45, 2.75) is 19.4 Å². The van der Waals surface area contributed by atoms with Crippen LogP contribution in [0.1, 0.15) is 12.5 Å². The Morgan fingerprint density at radius 1 is 1.37 bits per heavy atom. The number of likely N-dealkylation sites (N-methyl/N-ethyl adjacent to an activating group) is 1. The number of hydrogen-bond donors (Lipinski definition) is 0. The van der Waals surface area contributed by atoms with Crippen molar-refractivity contribution in [3.63, 3.8) is 0 Å². The molecule has 0 heterocycles. The molecule has 0 spiro atoms. The van der Waals surface area contributed by atoms with Crippen LogP contribution in [0.4, 0.5) is 0 Å². The molecular weight excluding hydrogens is 330 g/mol. The molecule has 1 amide bonds. The minimum absolute atomic E-state index is 0.0226. The van der Waals surface area contributed by atoms with E-state index < -0.39 is 9.84 Å². The average Bonchev–Trinajstić information content (AvgIpc) is 2.28. The van der Waals surface area contributed by atoms with Gasteiger partial charge in [0, 0.05) is 23.8 Å². The molecule has 19 heavy (non-hydrogen) atoms. The van der Waals surface area contributed by atoms with Crippen LogP contribution in [0, 0.1) is 0 Å². The van der Waals surface area contributed by atoms with Crippen LogP contribution < -0.4 is 0 Å². The molecule has 0 aliphatic heterocycles. The van der Waals surface area contributed by atoms with Crippen molar-refractivity contribution < 1.29 is 13.2 Å². The Labute approximate surface area is 122 Å². The van der Waals surface area contributed by atoms with E-state index in [1.165, 1.54) is 11.2 Å². The van der Waals surface area contributed by atoms with Crippen LogP contribution in [0.2, 0.25) is 0 Å². The Morgan fingerprint density at radius 3 is 2.47 bits per heavy atom. The predicted molar refractivity (Wildman–Crippen MR) is 79.8 cm³/mol. The highest BCUT2D eigenvalue weighted by molar-refractivity contribution is 9.10. The van der Waals surface area contributed by atoms with Crippen molar-refractivity contribution in [2.24, 2.45) is 0 Å². The lowest BCUT2D eigenvalue weighted by atomic mass is 10.1. The molecule has 0 fully saturated rings. The van der Waals surface area contributed by atoms with Gasteiger partial charge in [0.25, 0.3) is 0 Å². The van der Waals surface area contributed by atoms with E-state index in [4.69, 9.17) is 0 Å². The first-order valence-corrected chi connectivity index (χ1v) is 8.73. The van der Waals surface area contributed by atoms with E-state index in [0.717, 1.165) is 10.0 Å². The van der Waals surface area contributed by atoms with E-state index in [1.807, 2.05) is 24.3 Å². The SMILES string of the molecule is C[C@@H](CS(C)(=O)=O)N(C)C(=O)Cc1ccccc1Br. The standard InChI is InChI=1S/C13H18BrNO3S/c1-10(9-19(3,17)18)15(2)13(16)8-11-6-4-5-7-12(11)14/h4-7,10H,8-9H2,1-3H3/t10-/m0/s1. The second-order valence-electron chi connectivity index (χ2n) is 4.71. The number of benzene rings is 1. The number of nitrogens with zero attached hydrogens (tertiary/aromatic N) is 1. The van der Waals surface area contributed by atoms with Crippen LogP contribution in [0.25, 0.3) is 0 Å². The van der Waals surface area contributed by atoms with Gasteiger partial charge in [-0.05, 0) is 18.6 Å². The van der Waals surface area contributed by atoms with E-state index in [2.05, 4.69) is 15.9 Å². The summed E-state index contributed by atoms with van der Waals surface area (Å²) in [4.78, 5) is 13.6. The normalized spacial score (nSPS) is 13.1. The molecule has 6 heteroatoms. The maximum absolute atomic E-state index is 12.1. The van der Waals surface area contributed by atoms with Gasteiger partial charge in [-0.15, -0.1) is 0 Å². The van der Waals surface area contributed by atoms with Gasteiger partial charge in [0.15, 0.2) is 0 Å². The second kappa shape index (κ2) is 6.52. The highest BCUT2D eigenvalue weighted by Crippen LogP contribution is 2.17. The van der Waals surface area contributed by atoms with Gasteiger partial charge in [-0.1, -0.05) is 34.1 Å². The number of sulfone groups is 1. The molecule has 1 aromatic rings. The molecular formula is C13H18BrNO3S. The third-order valence-corrected chi connectivity index (χ3v) is 4.76. The summed E-state index contributed by atoms with van der Waals surface area (Å²) in [7, 11) is -1.45. The Bertz CT molecular complexity index is 557. The van der Waals surface area contributed by atoms with E-state index >= 15 is 0 Å². The van der Waals surface area contributed by atoms with Crippen LogP contribution in [0.3, 0.4) is 0 Å². The summed E-state index contributed by atoms with van der Waals surface area (Å²) in [6, 6.07) is 7.17. The molecule has 0 saturated heterocycles. The van der Waals surface area contributed by atoms with E-state index in [1.54, 1.807) is 14.0 Å². The summed E-state index contributed by atoms with van der Waals surface area (Å²) in [5.74, 6) is -0.117. The first-order chi connectivity index (χ1) is 8.70. The zero-order valence-corrected chi connectivity index (χ0v) is 13.7. The van der Waals surface area contributed by atoms with E-state index in [9.17, 15) is 13.2 Å². The van der Waals surface area contributed by atoms with Crippen molar-refractivity contribution in [2.75, 3.05) is 19.1 Å². The third-order valence-electron chi connectivity index (χ3n) is 2.90. The minimum Gasteiger partial charge on any atom is -0.342 e. The summed E-state index contributed by atoms with van der Waals surface area (Å²) in [5.41, 5.74) is 0.894. The van der Waals surface area contributed by atoms with E-state index in [0.29, 0.717) is 0 Å². The Kier molecular flexibility index (Phi) is 5.55. The minimum atomic E-state index is -3.09. The lowest BCUT2D eigenvalue weighted by Gasteiger charge is -2.24. The third kappa shape index (κ3) is 5.32. The molecule has 106 valence electrons. The van der Waals surface area contributed by atoms with Crippen molar-refractivity contribution >= 4 is 31.7 Å². The van der Waals surface area contributed by atoms with Crippen molar-refractivity contribution in [1.29, 1.82) is 0 Å². The fourth-order valence-corrected chi connectivity index (χ4v) is 3.25. The summed E-state index contributed by atoms with van der Waals surface area (Å²) < 4.78 is 23.4. The highest BCUT2D eigenvalue weighted by Gasteiger charge is 2.20. The average molecular weight is 348 g/mol. The van der Waals surface area contributed by atoms with Gasteiger partial charge in [-0.3, -0.25) is 4.79 Å². The van der Waals surface area contributed by atoms with Crippen molar-refractivity contribution in [3.05, 3.63) is 34.3 Å². The molecule has 0 aliphatic carbocycles.